The molecule has 0 unspecified atom stereocenters. The van der Waals surface area contributed by atoms with Crippen LogP contribution in [0.2, 0.25) is 0 Å². The molecular formula is C17H15FN4OS. The molecule has 7 heteroatoms. The Bertz CT molecular complexity index is 834. The minimum absolute atomic E-state index is 0.343. The molecule has 0 bridgehead atoms. The summed E-state index contributed by atoms with van der Waals surface area (Å²) in [6.45, 7) is 2.28. The summed E-state index contributed by atoms with van der Waals surface area (Å²) in [5.41, 5.74) is 2.36. The van der Waals surface area contributed by atoms with Crippen molar-refractivity contribution in [1.29, 1.82) is 0 Å². The van der Waals surface area contributed by atoms with Crippen molar-refractivity contribution in [2.24, 2.45) is 0 Å². The first-order valence-electron chi connectivity index (χ1n) is 7.29. The lowest BCUT2D eigenvalue weighted by Crippen LogP contribution is -2.28. The third kappa shape index (κ3) is 3.94. The number of urea groups is 1. The van der Waals surface area contributed by atoms with Gasteiger partial charge in [0.2, 0.25) is 0 Å². The maximum Gasteiger partial charge on any atom is 0.319 e. The van der Waals surface area contributed by atoms with Gasteiger partial charge in [0.15, 0.2) is 0 Å². The standard InChI is InChI=1S/C17H15FN4OS/c1-11-15(24-16(21-11)12-3-2-8-19-9-12)10-20-17(23)22-14-6-4-13(18)5-7-14/h2-9H,10H2,1H3,(H2,20,22,23). The van der Waals surface area contributed by atoms with Crippen molar-refractivity contribution in [3.05, 3.63) is 65.2 Å². The number of hydrogen-bond donors (Lipinski definition) is 2. The van der Waals surface area contributed by atoms with Gasteiger partial charge in [0.1, 0.15) is 10.8 Å². The number of pyridine rings is 1. The normalized spacial score (nSPS) is 10.4. The Morgan fingerprint density at radius 3 is 2.75 bits per heavy atom. The van der Waals surface area contributed by atoms with Gasteiger partial charge in [-0.3, -0.25) is 4.98 Å². The van der Waals surface area contributed by atoms with Crippen molar-refractivity contribution in [2.75, 3.05) is 5.32 Å². The molecule has 1 aromatic carbocycles. The smallest absolute Gasteiger partial charge is 0.319 e. The minimum atomic E-state index is -0.350. The second kappa shape index (κ2) is 7.18. The number of nitrogens with zero attached hydrogens (tertiary/aromatic N) is 2. The lowest BCUT2D eigenvalue weighted by molar-refractivity contribution is 0.252. The number of carbonyl (C=O) groups excluding carboxylic acids is 1. The molecule has 0 fully saturated rings. The van der Waals surface area contributed by atoms with E-state index in [1.54, 1.807) is 12.4 Å². The number of rotatable bonds is 4. The van der Waals surface area contributed by atoms with Crippen LogP contribution in [0.5, 0.6) is 0 Å². The van der Waals surface area contributed by atoms with E-state index in [1.165, 1.54) is 35.6 Å². The van der Waals surface area contributed by atoms with Gasteiger partial charge in [-0.2, -0.15) is 0 Å². The van der Waals surface area contributed by atoms with E-state index in [0.717, 1.165) is 21.1 Å². The minimum Gasteiger partial charge on any atom is -0.333 e. The molecule has 2 N–H and O–H groups in total. The number of thiazole rings is 1. The summed E-state index contributed by atoms with van der Waals surface area (Å²) in [6.07, 6.45) is 3.48. The highest BCUT2D eigenvalue weighted by molar-refractivity contribution is 7.15. The van der Waals surface area contributed by atoms with Gasteiger partial charge >= 0.3 is 6.03 Å². The van der Waals surface area contributed by atoms with E-state index < -0.39 is 0 Å². The highest BCUT2D eigenvalue weighted by Crippen LogP contribution is 2.27. The number of nitrogens with one attached hydrogen (secondary N) is 2. The maximum atomic E-state index is 12.8. The van der Waals surface area contributed by atoms with Crippen molar-refractivity contribution in [3.63, 3.8) is 0 Å². The van der Waals surface area contributed by atoms with Gasteiger partial charge in [-0.05, 0) is 43.3 Å². The van der Waals surface area contributed by atoms with Crippen LogP contribution in [0.4, 0.5) is 14.9 Å². The van der Waals surface area contributed by atoms with Crippen LogP contribution in [-0.4, -0.2) is 16.0 Å². The molecule has 3 aromatic rings. The predicted octanol–water partition coefficient (Wildman–Crippen LogP) is 3.97. The lowest BCUT2D eigenvalue weighted by atomic mass is 10.3. The largest absolute Gasteiger partial charge is 0.333 e. The van der Waals surface area contributed by atoms with E-state index in [9.17, 15) is 9.18 Å². The third-order valence-electron chi connectivity index (χ3n) is 3.31. The fourth-order valence-corrected chi connectivity index (χ4v) is 3.07. The van der Waals surface area contributed by atoms with Gasteiger partial charge in [-0.25, -0.2) is 14.2 Å². The molecule has 5 nitrogen and oxygen atoms in total. The summed E-state index contributed by atoms with van der Waals surface area (Å²) < 4.78 is 12.8. The van der Waals surface area contributed by atoms with Gasteiger partial charge in [-0.15, -0.1) is 11.3 Å². The second-order valence-corrected chi connectivity index (χ2v) is 6.17. The van der Waals surface area contributed by atoms with Crippen molar-refractivity contribution in [3.8, 4) is 10.6 Å². The summed E-state index contributed by atoms with van der Waals surface area (Å²) >= 11 is 1.52. The van der Waals surface area contributed by atoms with Crippen LogP contribution in [-0.2, 0) is 6.54 Å². The summed E-state index contributed by atoms with van der Waals surface area (Å²) in [4.78, 5) is 21.5. The fourth-order valence-electron chi connectivity index (χ4n) is 2.07. The Kier molecular flexibility index (Phi) is 4.81. The van der Waals surface area contributed by atoms with Crippen LogP contribution in [0.15, 0.2) is 48.8 Å². The van der Waals surface area contributed by atoms with Crippen molar-refractivity contribution < 1.29 is 9.18 Å². The molecule has 0 aliphatic carbocycles. The number of aryl methyl sites for hydroxylation is 1. The number of benzene rings is 1. The molecule has 0 saturated heterocycles. The average Bonchev–Trinajstić information content (AvgIpc) is 2.97. The zero-order valence-electron chi connectivity index (χ0n) is 12.9. The summed E-state index contributed by atoms with van der Waals surface area (Å²) in [5, 5.41) is 6.31. The lowest BCUT2D eigenvalue weighted by Gasteiger charge is -2.06. The number of amides is 2. The molecule has 122 valence electrons. The van der Waals surface area contributed by atoms with Crippen LogP contribution in [0.3, 0.4) is 0 Å². The second-order valence-electron chi connectivity index (χ2n) is 5.08. The Morgan fingerprint density at radius 1 is 1.25 bits per heavy atom. The van der Waals surface area contributed by atoms with Crippen LogP contribution >= 0.6 is 11.3 Å². The van der Waals surface area contributed by atoms with E-state index in [2.05, 4.69) is 20.6 Å². The quantitative estimate of drug-likeness (QED) is 0.754. The van der Waals surface area contributed by atoms with Gasteiger partial charge in [0.25, 0.3) is 0 Å². The van der Waals surface area contributed by atoms with E-state index in [0.29, 0.717) is 12.2 Å². The first kappa shape index (κ1) is 16.1. The SMILES string of the molecule is Cc1nc(-c2cccnc2)sc1CNC(=O)Nc1ccc(F)cc1. The van der Waals surface area contributed by atoms with Crippen molar-refractivity contribution in [1.82, 2.24) is 15.3 Å². The van der Waals surface area contributed by atoms with E-state index in [-0.39, 0.29) is 11.8 Å². The zero-order chi connectivity index (χ0) is 16.9. The third-order valence-corrected chi connectivity index (χ3v) is 4.52. The maximum absolute atomic E-state index is 12.8. The van der Waals surface area contributed by atoms with Crippen molar-refractivity contribution >= 4 is 23.1 Å². The molecule has 2 aromatic heterocycles. The topological polar surface area (TPSA) is 66.9 Å². The van der Waals surface area contributed by atoms with Gasteiger partial charge in [-0.1, -0.05) is 0 Å². The van der Waals surface area contributed by atoms with Gasteiger partial charge in [0, 0.05) is 28.5 Å². The van der Waals surface area contributed by atoms with Gasteiger partial charge < -0.3 is 10.6 Å². The molecule has 24 heavy (non-hydrogen) atoms. The Hall–Kier alpha value is -2.80. The number of hydrogen-bond acceptors (Lipinski definition) is 4. The molecule has 0 spiro atoms. The molecule has 2 amide bonds. The van der Waals surface area contributed by atoms with Crippen LogP contribution in [0, 0.1) is 12.7 Å². The highest BCUT2D eigenvalue weighted by atomic mass is 32.1. The van der Waals surface area contributed by atoms with Crippen LogP contribution in [0.25, 0.3) is 10.6 Å². The van der Waals surface area contributed by atoms with Crippen LogP contribution < -0.4 is 10.6 Å². The first-order chi connectivity index (χ1) is 11.6. The van der Waals surface area contributed by atoms with Gasteiger partial charge in [0.05, 0.1) is 12.2 Å². The Balaban J connectivity index is 1.61. The number of anilines is 1. The molecule has 3 rings (SSSR count). The molecule has 0 saturated carbocycles. The monoisotopic (exact) mass is 342 g/mol. The molecule has 2 heterocycles. The van der Waals surface area contributed by atoms with E-state index >= 15 is 0 Å². The molecule has 0 aliphatic rings. The Morgan fingerprint density at radius 2 is 2.04 bits per heavy atom. The summed E-state index contributed by atoms with van der Waals surface area (Å²) in [7, 11) is 0. The summed E-state index contributed by atoms with van der Waals surface area (Å²) in [5.74, 6) is -0.343. The van der Waals surface area contributed by atoms with Crippen molar-refractivity contribution in [2.45, 2.75) is 13.5 Å². The molecule has 0 aliphatic heterocycles. The average molecular weight is 342 g/mol. The van der Waals surface area contributed by atoms with E-state index in [4.69, 9.17) is 0 Å². The molecule has 0 atom stereocenters. The van der Waals surface area contributed by atoms with E-state index in [1.807, 2.05) is 19.1 Å². The summed E-state index contributed by atoms with van der Waals surface area (Å²) in [6, 6.07) is 9.06. The highest BCUT2D eigenvalue weighted by Gasteiger charge is 2.10. The van der Waals surface area contributed by atoms with Crippen LogP contribution in [0.1, 0.15) is 10.6 Å². The molecule has 0 radical (unpaired) electrons. The number of carbonyl (C=O) groups is 1. The fraction of sp³-hybridized carbons (Fsp3) is 0.118. The number of aromatic nitrogens is 2. The molecular weight excluding hydrogens is 327 g/mol. The number of halogens is 1. The zero-order valence-corrected chi connectivity index (χ0v) is 13.7. The predicted molar refractivity (Wildman–Crippen MR) is 92.3 cm³/mol. The first-order valence-corrected chi connectivity index (χ1v) is 8.10. The Labute approximate surface area is 142 Å².